The van der Waals surface area contributed by atoms with Crippen LogP contribution in [0.4, 0.5) is 0 Å². The van der Waals surface area contributed by atoms with Crippen molar-refractivity contribution < 1.29 is 0 Å². The molecule has 0 N–H and O–H groups in total. The largest absolute Gasteiger partial charge is 0.155 e. The molecule has 1 aliphatic rings. The fourth-order valence-corrected chi connectivity index (χ4v) is 5.25. The molecule has 2 rings (SSSR count). The predicted molar refractivity (Wildman–Crippen MR) is 88.3 cm³/mol. The molecule has 0 aliphatic carbocycles. The minimum atomic E-state index is 0.578. The summed E-state index contributed by atoms with van der Waals surface area (Å²) in [5.74, 6) is 2.90. The Labute approximate surface area is 122 Å². The zero-order valence-corrected chi connectivity index (χ0v) is 13.5. The van der Waals surface area contributed by atoms with Gasteiger partial charge in [0.05, 0.1) is 0 Å². The summed E-state index contributed by atoms with van der Waals surface area (Å²) in [4.78, 5) is 1.68. The molecule has 0 amide bonds. The Kier molecular flexibility index (Phi) is 6.30. The highest BCUT2D eigenvalue weighted by Gasteiger charge is 2.27. The molecule has 1 aliphatic heterocycles. The van der Waals surface area contributed by atoms with E-state index >= 15 is 0 Å². The van der Waals surface area contributed by atoms with Gasteiger partial charge in [-0.1, -0.05) is 32.8 Å². The number of benzene rings is 1. The number of hydrogen-bond acceptors (Lipinski definition) is 0. The van der Waals surface area contributed by atoms with Crippen LogP contribution >= 0.6 is 0 Å². The molecule has 0 saturated carbocycles. The van der Waals surface area contributed by atoms with E-state index in [1.165, 1.54) is 62.9 Å². The zero-order chi connectivity index (χ0) is 13.5. The Hall–Kier alpha value is -0.430. The summed E-state index contributed by atoms with van der Waals surface area (Å²) in [5.41, 5.74) is 3.20. The number of rotatable bonds is 7. The summed E-state index contributed by atoms with van der Waals surface area (Å²) in [6.45, 7) is 4.58. The minimum absolute atomic E-state index is 0.578. The van der Waals surface area contributed by atoms with Crippen molar-refractivity contribution in [2.75, 3.05) is 11.5 Å². The first-order chi connectivity index (χ1) is 9.33. The van der Waals surface area contributed by atoms with E-state index in [-0.39, 0.29) is 0 Å². The van der Waals surface area contributed by atoms with Gasteiger partial charge in [0.2, 0.25) is 0 Å². The van der Waals surface area contributed by atoms with E-state index in [4.69, 9.17) is 0 Å². The fourth-order valence-electron chi connectivity index (χ4n) is 2.84. The molecule has 0 aromatic heterocycles. The van der Waals surface area contributed by atoms with Gasteiger partial charge in [0.1, 0.15) is 11.5 Å². The summed E-state index contributed by atoms with van der Waals surface area (Å²) < 4.78 is 0. The summed E-state index contributed by atoms with van der Waals surface area (Å²) in [7, 11) is 0.578. The average molecular weight is 277 g/mol. The van der Waals surface area contributed by atoms with Crippen molar-refractivity contribution in [3.63, 3.8) is 0 Å². The second-order valence-corrected chi connectivity index (χ2v) is 8.07. The van der Waals surface area contributed by atoms with Crippen LogP contribution in [0.15, 0.2) is 23.1 Å². The Morgan fingerprint density at radius 1 is 0.842 bits per heavy atom. The van der Waals surface area contributed by atoms with Crippen LogP contribution in [0.1, 0.15) is 63.5 Å². The van der Waals surface area contributed by atoms with Crippen molar-refractivity contribution in [3.05, 3.63) is 29.3 Å². The molecule has 19 heavy (non-hydrogen) atoms. The molecule has 1 aromatic carbocycles. The van der Waals surface area contributed by atoms with Gasteiger partial charge >= 0.3 is 0 Å². The predicted octanol–water partition coefficient (Wildman–Crippen LogP) is 5.14. The van der Waals surface area contributed by atoms with Gasteiger partial charge in [-0.05, 0) is 61.8 Å². The maximum Gasteiger partial charge on any atom is 0.155 e. The lowest BCUT2D eigenvalue weighted by molar-refractivity contribution is 0.777. The molecular formula is C18H29S+. The van der Waals surface area contributed by atoms with Crippen LogP contribution in [0, 0.1) is 0 Å². The SMILES string of the molecule is CCCCc1cc(CCCC)cc([S+]2CCCC2)c1. The van der Waals surface area contributed by atoms with Crippen LogP contribution in [-0.2, 0) is 23.7 Å². The molecule has 0 spiro atoms. The van der Waals surface area contributed by atoms with Crippen molar-refractivity contribution in [3.8, 4) is 0 Å². The van der Waals surface area contributed by atoms with Gasteiger partial charge in [-0.15, -0.1) is 0 Å². The third kappa shape index (κ3) is 4.56. The monoisotopic (exact) mass is 277 g/mol. The highest BCUT2D eigenvalue weighted by molar-refractivity contribution is 7.97. The van der Waals surface area contributed by atoms with Gasteiger partial charge in [0.15, 0.2) is 4.90 Å². The maximum absolute atomic E-state index is 2.53. The van der Waals surface area contributed by atoms with E-state index < -0.39 is 0 Å². The first-order valence-electron chi connectivity index (χ1n) is 8.13. The van der Waals surface area contributed by atoms with Gasteiger partial charge in [0, 0.05) is 10.9 Å². The van der Waals surface area contributed by atoms with E-state index in [1.807, 2.05) is 0 Å². The second-order valence-electron chi connectivity index (χ2n) is 5.80. The van der Waals surface area contributed by atoms with E-state index in [9.17, 15) is 0 Å². The van der Waals surface area contributed by atoms with Gasteiger partial charge in [-0.3, -0.25) is 0 Å². The molecule has 106 valence electrons. The van der Waals surface area contributed by atoms with Crippen molar-refractivity contribution in [2.24, 2.45) is 0 Å². The normalized spacial score (nSPS) is 16.1. The molecule has 1 aromatic rings. The Morgan fingerprint density at radius 2 is 1.37 bits per heavy atom. The maximum atomic E-state index is 2.53. The van der Waals surface area contributed by atoms with Crippen LogP contribution in [0.5, 0.6) is 0 Å². The molecule has 0 atom stereocenters. The molecule has 0 bridgehead atoms. The number of aryl methyl sites for hydroxylation is 2. The lowest BCUT2D eigenvalue weighted by atomic mass is 10.0. The molecule has 0 nitrogen and oxygen atoms in total. The average Bonchev–Trinajstić information content (AvgIpc) is 2.97. The van der Waals surface area contributed by atoms with Crippen LogP contribution in [0.3, 0.4) is 0 Å². The van der Waals surface area contributed by atoms with Gasteiger partial charge in [0.25, 0.3) is 0 Å². The summed E-state index contributed by atoms with van der Waals surface area (Å²) >= 11 is 0. The van der Waals surface area contributed by atoms with E-state index in [2.05, 4.69) is 32.0 Å². The molecule has 1 fully saturated rings. The van der Waals surface area contributed by atoms with Gasteiger partial charge in [-0.2, -0.15) is 0 Å². The highest BCUT2D eigenvalue weighted by Crippen LogP contribution is 2.26. The van der Waals surface area contributed by atoms with E-state index in [1.54, 1.807) is 16.0 Å². The molecular weight excluding hydrogens is 248 g/mol. The van der Waals surface area contributed by atoms with Gasteiger partial charge in [-0.25, -0.2) is 0 Å². The first kappa shape index (κ1) is 15.0. The van der Waals surface area contributed by atoms with E-state index in [0.29, 0.717) is 10.9 Å². The number of unbranched alkanes of at least 4 members (excludes halogenated alkanes) is 2. The van der Waals surface area contributed by atoms with Crippen molar-refractivity contribution in [1.82, 2.24) is 0 Å². The minimum Gasteiger partial charge on any atom is -0.0654 e. The topological polar surface area (TPSA) is 0 Å². The lowest BCUT2D eigenvalue weighted by Crippen LogP contribution is -2.05. The Morgan fingerprint density at radius 3 is 1.84 bits per heavy atom. The van der Waals surface area contributed by atoms with Crippen LogP contribution in [-0.4, -0.2) is 11.5 Å². The first-order valence-corrected chi connectivity index (χ1v) is 9.70. The molecule has 1 heterocycles. The second kappa shape index (κ2) is 7.99. The smallest absolute Gasteiger partial charge is 0.0654 e. The zero-order valence-electron chi connectivity index (χ0n) is 12.7. The Bertz CT molecular complexity index is 351. The van der Waals surface area contributed by atoms with Gasteiger partial charge < -0.3 is 0 Å². The van der Waals surface area contributed by atoms with Crippen LogP contribution in [0.25, 0.3) is 0 Å². The fraction of sp³-hybridized carbons (Fsp3) is 0.667. The quantitative estimate of drug-likeness (QED) is 0.605. The van der Waals surface area contributed by atoms with Crippen molar-refractivity contribution in [1.29, 1.82) is 0 Å². The summed E-state index contributed by atoms with van der Waals surface area (Å²) in [6.07, 6.45) is 10.7. The summed E-state index contributed by atoms with van der Waals surface area (Å²) in [5, 5.41) is 0. The summed E-state index contributed by atoms with van der Waals surface area (Å²) in [6, 6.07) is 7.54. The van der Waals surface area contributed by atoms with Crippen molar-refractivity contribution in [2.45, 2.75) is 70.1 Å². The third-order valence-corrected chi connectivity index (χ3v) is 6.49. The standard InChI is InChI=1S/C18H29S/c1-3-5-9-16-13-17(10-6-4-2)15-18(14-16)19-11-7-8-12-19/h13-15H,3-12H2,1-2H3/q+1. The van der Waals surface area contributed by atoms with E-state index in [0.717, 1.165) is 0 Å². The molecule has 1 saturated heterocycles. The van der Waals surface area contributed by atoms with Crippen molar-refractivity contribution >= 4 is 10.9 Å². The third-order valence-electron chi connectivity index (χ3n) is 4.03. The van der Waals surface area contributed by atoms with Crippen LogP contribution < -0.4 is 0 Å². The molecule has 0 radical (unpaired) electrons. The highest BCUT2D eigenvalue weighted by atomic mass is 32.2. The lowest BCUT2D eigenvalue weighted by Gasteiger charge is -2.08. The molecule has 0 unspecified atom stereocenters. The Balaban J connectivity index is 2.14. The number of hydrogen-bond donors (Lipinski definition) is 0. The molecule has 1 heteroatoms. The van der Waals surface area contributed by atoms with Crippen LogP contribution in [0.2, 0.25) is 0 Å².